The van der Waals surface area contributed by atoms with E-state index in [1.165, 1.54) is 16.7 Å². The molecule has 0 aromatic carbocycles. The number of carbonyl (C=O) groups is 3. The normalized spacial score (nSPS) is 36.3. The third-order valence-corrected chi connectivity index (χ3v) is 8.10. The van der Waals surface area contributed by atoms with Crippen molar-refractivity contribution in [1.29, 1.82) is 0 Å². The van der Waals surface area contributed by atoms with E-state index in [9.17, 15) is 24.6 Å². The summed E-state index contributed by atoms with van der Waals surface area (Å²) >= 11 is 1.47. The first-order chi connectivity index (χ1) is 14.7. The minimum absolute atomic E-state index is 0.0536. The topological polar surface area (TPSA) is 131 Å². The number of nitrogens with one attached hydrogen (secondary N) is 2. The average molecular weight is 455 g/mol. The molecule has 4 heterocycles. The van der Waals surface area contributed by atoms with Gasteiger partial charge in [0.2, 0.25) is 17.7 Å². The highest BCUT2D eigenvalue weighted by atomic mass is 32.2. The van der Waals surface area contributed by atoms with Gasteiger partial charge in [-0.1, -0.05) is 6.92 Å². The molecule has 3 saturated heterocycles. The summed E-state index contributed by atoms with van der Waals surface area (Å²) in [5.41, 5.74) is 0. The second-order valence-electron chi connectivity index (χ2n) is 8.87. The zero-order valence-corrected chi connectivity index (χ0v) is 18.7. The molecule has 2 amide bonds. The summed E-state index contributed by atoms with van der Waals surface area (Å²) in [4.78, 5) is 40.7. The Morgan fingerprint density at radius 1 is 1.29 bits per heavy atom. The molecule has 0 aromatic heterocycles. The summed E-state index contributed by atoms with van der Waals surface area (Å²) in [5, 5.41) is 25.9. The van der Waals surface area contributed by atoms with Crippen LogP contribution in [0.4, 0.5) is 4.79 Å². The molecule has 0 saturated carbocycles. The van der Waals surface area contributed by atoms with E-state index in [1.54, 1.807) is 6.92 Å². The van der Waals surface area contributed by atoms with Gasteiger partial charge in [0.05, 0.1) is 29.0 Å². The van der Waals surface area contributed by atoms with E-state index in [0.717, 1.165) is 6.54 Å². The summed E-state index contributed by atoms with van der Waals surface area (Å²) in [6.07, 6.45) is -1.67. The van der Waals surface area contributed by atoms with Gasteiger partial charge in [-0.25, -0.2) is 4.79 Å². The molecule has 6 unspecified atom stereocenters. The molecule has 31 heavy (non-hydrogen) atoms. The van der Waals surface area contributed by atoms with Crippen LogP contribution in [0.5, 0.6) is 0 Å². The Hall–Kier alpha value is -1.82. The van der Waals surface area contributed by atoms with Gasteiger partial charge in [0.15, 0.2) is 0 Å². The Bertz CT molecular complexity index is 805. The summed E-state index contributed by atoms with van der Waals surface area (Å²) < 4.78 is 5.01. The lowest BCUT2D eigenvalue weighted by atomic mass is 9.79. The molecule has 3 fully saturated rings. The Morgan fingerprint density at radius 3 is 2.68 bits per heavy atom. The molecule has 4 aliphatic rings. The Kier molecular flexibility index (Phi) is 6.21. The fraction of sp³-hybridized carbons (Fsp3) is 0.750. The molecular formula is C20H30N4O6S. The first-order valence-corrected chi connectivity index (χ1v) is 11.6. The number of β-lactam (4-membered cyclic amide) rings is 1. The highest BCUT2D eigenvalue weighted by Crippen LogP contribution is 2.52. The van der Waals surface area contributed by atoms with Gasteiger partial charge in [0.25, 0.3) is 0 Å². The predicted molar refractivity (Wildman–Crippen MR) is 113 cm³/mol. The Labute approximate surface area is 185 Å². The van der Waals surface area contributed by atoms with E-state index < -0.39 is 18.2 Å². The van der Waals surface area contributed by atoms with Crippen molar-refractivity contribution >= 4 is 29.7 Å². The fourth-order valence-corrected chi connectivity index (χ4v) is 6.54. The van der Waals surface area contributed by atoms with E-state index in [1.807, 2.05) is 11.8 Å². The smallest absolute Gasteiger partial charge is 0.449 e. The average Bonchev–Trinajstić information content (AvgIpc) is 3.24. The van der Waals surface area contributed by atoms with Crippen molar-refractivity contribution in [3.8, 4) is 0 Å². The monoisotopic (exact) mass is 454 g/mol. The first kappa shape index (κ1) is 22.4. The molecule has 172 valence electrons. The number of hydrogen-bond donors (Lipinski definition) is 4. The van der Waals surface area contributed by atoms with Crippen LogP contribution in [0.15, 0.2) is 10.8 Å². The van der Waals surface area contributed by atoms with E-state index in [0.29, 0.717) is 31.0 Å². The van der Waals surface area contributed by atoms with Crippen molar-refractivity contribution in [2.24, 2.45) is 11.8 Å². The number of aliphatic hydroxyl groups is 1. The van der Waals surface area contributed by atoms with Crippen LogP contribution in [0.3, 0.4) is 0 Å². The van der Waals surface area contributed by atoms with Gasteiger partial charge in [-0.05, 0) is 20.3 Å². The van der Waals surface area contributed by atoms with Gasteiger partial charge in [-0.15, -0.1) is 11.8 Å². The number of carbonyl (C=O) groups excluding carboxylic acids is 2. The predicted octanol–water partition coefficient (Wildman–Crippen LogP) is -0.00840. The van der Waals surface area contributed by atoms with Gasteiger partial charge >= 0.3 is 6.16 Å². The SMILES string of the molecule is CC1CN(C(=O)C2CC(SC3=C(OC(=O)O)N4C(=O)C(C(C)O)[C@@H]4C3C)CN2)CCN1. The molecule has 0 aromatic rings. The minimum atomic E-state index is -1.47. The van der Waals surface area contributed by atoms with Crippen LogP contribution in [-0.2, 0) is 14.3 Å². The maximum atomic E-state index is 12.9. The standard InChI is InChI=1S/C20H30N4O6S/c1-9-8-23(5-4-21-9)17(26)13-6-12(7-22-13)31-16-10(2)15-14(11(3)25)18(27)24(15)19(16)30-20(28)29/h9-15,21-22,25H,4-8H2,1-3H3,(H,28,29)/t9?,10?,11?,12?,13?,14?,15-/m0/s1. The number of carboxylic acid groups (broad SMARTS) is 1. The van der Waals surface area contributed by atoms with Crippen molar-refractivity contribution in [3.63, 3.8) is 0 Å². The second kappa shape index (κ2) is 8.61. The maximum absolute atomic E-state index is 12.9. The summed E-state index contributed by atoms with van der Waals surface area (Å²) in [7, 11) is 0. The van der Waals surface area contributed by atoms with Crippen LogP contribution in [0.1, 0.15) is 27.2 Å². The van der Waals surface area contributed by atoms with E-state index in [-0.39, 0.29) is 47.0 Å². The molecule has 0 spiro atoms. The van der Waals surface area contributed by atoms with Crippen molar-refractivity contribution in [3.05, 3.63) is 10.8 Å². The lowest BCUT2D eigenvalue weighted by Crippen LogP contribution is -2.63. The zero-order chi connectivity index (χ0) is 22.4. The van der Waals surface area contributed by atoms with E-state index in [4.69, 9.17) is 4.74 Å². The van der Waals surface area contributed by atoms with Gasteiger partial charge < -0.3 is 30.5 Å². The third-order valence-electron chi connectivity index (χ3n) is 6.61. The molecule has 0 radical (unpaired) electrons. The molecule has 4 N–H and O–H groups in total. The minimum Gasteiger partial charge on any atom is -0.449 e. The summed E-state index contributed by atoms with van der Waals surface area (Å²) in [5.74, 6) is -0.876. The van der Waals surface area contributed by atoms with Crippen molar-refractivity contribution in [2.75, 3.05) is 26.2 Å². The van der Waals surface area contributed by atoms with Crippen molar-refractivity contribution in [2.45, 2.75) is 56.7 Å². The molecule has 4 aliphatic heterocycles. The number of piperazine rings is 1. The maximum Gasteiger partial charge on any atom is 0.512 e. The summed E-state index contributed by atoms with van der Waals surface area (Å²) in [6, 6.07) is -0.306. The highest BCUT2D eigenvalue weighted by molar-refractivity contribution is 8.03. The molecule has 7 atom stereocenters. The van der Waals surface area contributed by atoms with Crippen LogP contribution in [0.25, 0.3) is 0 Å². The molecule has 0 aliphatic carbocycles. The Morgan fingerprint density at radius 2 is 2.03 bits per heavy atom. The van der Waals surface area contributed by atoms with Crippen LogP contribution in [0, 0.1) is 11.8 Å². The zero-order valence-electron chi connectivity index (χ0n) is 17.9. The van der Waals surface area contributed by atoms with E-state index >= 15 is 0 Å². The van der Waals surface area contributed by atoms with Crippen LogP contribution < -0.4 is 10.6 Å². The number of rotatable bonds is 5. The summed E-state index contributed by atoms with van der Waals surface area (Å²) in [6.45, 7) is 8.33. The largest absolute Gasteiger partial charge is 0.512 e. The van der Waals surface area contributed by atoms with E-state index in [2.05, 4.69) is 17.6 Å². The van der Waals surface area contributed by atoms with Crippen molar-refractivity contribution < 1.29 is 29.3 Å². The number of aliphatic hydroxyl groups excluding tert-OH is 1. The molecule has 0 bridgehead atoms. The lowest BCUT2D eigenvalue weighted by Gasteiger charge is -2.45. The highest BCUT2D eigenvalue weighted by Gasteiger charge is 2.60. The van der Waals surface area contributed by atoms with Gasteiger partial charge in [0, 0.05) is 43.4 Å². The van der Waals surface area contributed by atoms with Gasteiger partial charge in [-0.3, -0.25) is 14.5 Å². The lowest BCUT2D eigenvalue weighted by molar-refractivity contribution is -0.163. The molecule has 4 rings (SSSR count). The Balaban J connectivity index is 1.45. The quantitative estimate of drug-likeness (QED) is 0.335. The second-order valence-corrected chi connectivity index (χ2v) is 10.2. The van der Waals surface area contributed by atoms with Crippen LogP contribution in [-0.4, -0.2) is 93.6 Å². The van der Waals surface area contributed by atoms with Gasteiger partial charge in [0.1, 0.15) is 0 Å². The number of amides is 2. The molecule has 11 heteroatoms. The number of thioether (sulfide) groups is 1. The third kappa shape index (κ3) is 4.04. The fourth-order valence-electron chi connectivity index (χ4n) is 5.12. The molecular weight excluding hydrogens is 424 g/mol. The molecule has 10 nitrogen and oxygen atoms in total. The van der Waals surface area contributed by atoms with Gasteiger partial charge in [-0.2, -0.15) is 0 Å². The number of nitrogens with zero attached hydrogens (tertiary/aromatic N) is 2. The number of hydrogen-bond acceptors (Lipinski definition) is 8. The number of fused-ring (bicyclic) bond motifs is 1. The number of ether oxygens (including phenoxy) is 1. The first-order valence-electron chi connectivity index (χ1n) is 10.8. The van der Waals surface area contributed by atoms with Crippen molar-refractivity contribution in [1.82, 2.24) is 20.4 Å². The van der Waals surface area contributed by atoms with Crippen LogP contribution >= 0.6 is 11.8 Å². The van der Waals surface area contributed by atoms with Crippen LogP contribution in [0.2, 0.25) is 0 Å².